The van der Waals surface area contributed by atoms with Crippen LogP contribution in [-0.4, -0.2) is 13.7 Å². The lowest BCUT2D eigenvalue weighted by molar-refractivity contribution is 0.196. The monoisotopic (exact) mass is 115 g/mol. The molecule has 2 N–H and O–H groups in total. The highest BCUT2D eigenvalue weighted by Crippen LogP contribution is 1.88. The predicted octanol–water partition coefficient (Wildman–Crippen LogP) is 0.885. The summed E-state index contributed by atoms with van der Waals surface area (Å²) < 4.78 is 4.81. The molecule has 0 atom stereocenters. The Kier molecular flexibility index (Phi) is 6.09. The van der Waals surface area contributed by atoms with Crippen molar-refractivity contribution in [2.24, 2.45) is 5.73 Å². The molecule has 0 aromatic heterocycles. The molecule has 2 heteroatoms. The van der Waals surface area contributed by atoms with Gasteiger partial charge in [-0.05, 0) is 19.0 Å². The average molecular weight is 115 g/mol. The Morgan fingerprint density at radius 3 is 2.88 bits per heavy atom. The Morgan fingerprint density at radius 1 is 1.62 bits per heavy atom. The molecule has 0 aliphatic heterocycles. The molecular formula is C6H13NO. The van der Waals surface area contributed by atoms with Crippen LogP contribution in [0.2, 0.25) is 0 Å². The molecule has 0 saturated heterocycles. The van der Waals surface area contributed by atoms with E-state index in [-0.39, 0.29) is 0 Å². The van der Waals surface area contributed by atoms with Crippen molar-refractivity contribution in [2.75, 3.05) is 13.7 Å². The SMILES string of the molecule is COCCCC=CN. The van der Waals surface area contributed by atoms with Gasteiger partial charge in [0.25, 0.3) is 0 Å². The fraction of sp³-hybridized carbons (Fsp3) is 0.667. The Morgan fingerprint density at radius 2 is 2.38 bits per heavy atom. The summed E-state index contributed by atoms with van der Waals surface area (Å²) in [5.74, 6) is 0. The van der Waals surface area contributed by atoms with E-state index in [2.05, 4.69) is 0 Å². The number of ether oxygens (including phenoxy) is 1. The number of hydrogen-bond acceptors (Lipinski definition) is 2. The van der Waals surface area contributed by atoms with Gasteiger partial charge in [0.2, 0.25) is 0 Å². The second-order valence-electron chi connectivity index (χ2n) is 1.56. The number of methoxy groups -OCH3 is 1. The van der Waals surface area contributed by atoms with Gasteiger partial charge in [-0.1, -0.05) is 6.08 Å². The quantitative estimate of drug-likeness (QED) is 0.552. The van der Waals surface area contributed by atoms with Crippen molar-refractivity contribution in [3.05, 3.63) is 12.3 Å². The molecule has 0 fully saturated rings. The molecule has 0 amide bonds. The van der Waals surface area contributed by atoms with E-state index in [1.165, 1.54) is 0 Å². The maximum atomic E-state index is 5.09. The molecule has 0 aliphatic carbocycles. The van der Waals surface area contributed by atoms with E-state index < -0.39 is 0 Å². The molecular weight excluding hydrogens is 102 g/mol. The molecule has 0 radical (unpaired) electrons. The van der Waals surface area contributed by atoms with E-state index in [0.717, 1.165) is 19.4 Å². The summed E-state index contributed by atoms with van der Waals surface area (Å²) >= 11 is 0. The molecule has 48 valence electrons. The van der Waals surface area contributed by atoms with Crippen LogP contribution in [0.1, 0.15) is 12.8 Å². The Labute approximate surface area is 50.3 Å². The lowest BCUT2D eigenvalue weighted by Gasteiger charge is -1.91. The second kappa shape index (κ2) is 6.50. The second-order valence-corrected chi connectivity index (χ2v) is 1.56. The van der Waals surface area contributed by atoms with E-state index in [1.54, 1.807) is 13.3 Å². The first-order chi connectivity index (χ1) is 3.91. The maximum Gasteiger partial charge on any atom is 0.0465 e. The summed E-state index contributed by atoms with van der Waals surface area (Å²) in [6.07, 6.45) is 5.57. The van der Waals surface area contributed by atoms with E-state index >= 15 is 0 Å². The molecule has 0 unspecified atom stereocenters. The van der Waals surface area contributed by atoms with Crippen molar-refractivity contribution in [3.63, 3.8) is 0 Å². The van der Waals surface area contributed by atoms with Crippen LogP contribution in [0.25, 0.3) is 0 Å². The summed E-state index contributed by atoms with van der Waals surface area (Å²) in [7, 11) is 1.70. The van der Waals surface area contributed by atoms with Gasteiger partial charge < -0.3 is 10.5 Å². The molecule has 0 saturated carbocycles. The minimum Gasteiger partial charge on any atom is -0.405 e. The van der Waals surface area contributed by atoms with Crippen molar-refractivity contribution in [2.45, 2.75) is 12.8 Å². The van der Waals surface area contributed by atoms with E-state index in [0.29, 0.717) is 0 Å². The van der Waals surface area contributed by atoms with Gasteiger partial charge in [0.1, 0.15) is 0 Å². The largest absolute Gasteiger partial charge is 0.405 e. The van der Waals surface area contributed by atoms with Gasteiger partial charge in [0.05, 0.1) is 0 Å². The molecule has 0 aliphatic rings. The van der Waals surface area contributed by atoms with Crippen LogP contribution in [0.15, 0.2) is 12.3 Å². The number of hydrogen-bond donors (Lipinski definition) is 1. The Hall–Kier alpha value is -0.500. The zero-order valence-corrected chi connectivity index (χ0v) is 5.26. The fourth-order valence-electron chi connectivity index (χ4n) is 0.442. The Balaban J connectivity index is 2.72. The van der Waals surface area contributed by atoms with Crippen molar-refractivity contribution < 1.29 is 4.74 Å². The molecule has 8 heavy (non-hydrogen) atoms. The van der Waals surface area contributed by atoms with Gasteiger partial charge in [0.15, 0.2) is 0 Å². The van der Waals surface area contributed by atoms with E-state index in [4.69, 9.17) is 10.5 Å². The highest BCUT2D eigenvalue weighted by molar-refractivity contribution is 4.74. The third-order valence-corrected chi connectivity index (χ3v) is 0.855. The first kappa shape index (κ1) is 7.50. The molecule has 0 bridgehead atoms. The van der Waals surface area contributed by atoms with Gasteiger partial charge >= 0.3 is 0 Å². The van der Waals surface area contributed by atoms with Gasteiger partial charge in [-0.2, -0.15) is 0 Å². The lowest BCUT2D eigenvalue weighted by Crippen LogP contribution is -1.86. The zero-order chi connectivity index (χ0) is 6.24. The minimum absolute atomic E-state index is 0.824. The minimum atomic E-state index is 0.824. The topological polar surface area (TPSA) is 35.2 Å². The molecule has 0 aromatic carbocycles. The van der Waals surface area contributed by atoms with Crippen molar-refractivity contribution in [3.8, 4) is 0 Å². The summed E-state index contributed by atoms with van der Waals surface area (Å²) in [5.41, 5.74) is 5.09. The zero-order valence-electron chi connectivity index (χ0n) is 5.26. The molecule has 0 aromatic rings. The number of allylic oxidation sites excluding steroid dienone is 1. The highest BCUT2D eigenvalue weighted by atomic mass is 16.5. The first-order valence-corrected chi connectivity index (χ1v) is 2.77. The number of rotatable bonds is 4. The van der Waals surface area contributed by atoms with Crippen molar-refractivity contribution >= 4 is 0 Å². The summed E-state index contributed by atoms with van der Waals surface area (Å²) in [4.78, 5) is 0. The van der Waals surface area contributed by atoms with Crippen LogP contribution < -0.4 is 5.73 Å². The smallest absolute Gasteiger partial charge is 0.0465 e. The van der Waals surface area contributed by atoms with Crippen LogP contribution in [0.3, 0.4) is 0 Å². The highest BCUT2D eigenvalue weighted by Gasteiger charge is 1.78. The number of nitrogens with two attached hydrogens (primary N) is 1. The van der Waals surface area contributed by atoms with Crippen LogP contribution in [-0.2, 0) is 4.74 Å². The van der Waals surface area contributed by atoms with Gasteiger partial charge in [-0.15, -0.1) is 0 Å². The van der Waals surface area contributed by atoms with Crippen molar-refractivity contribution in [1.82, 2.24) is 0 Å². The molecule has 0 spiro atoms. The molecule has 0 heterocycles. The van der Waals surface area contributed by atoms with Gasteiger partial charge in [0, 0.05) is 13.7 Å². The lowest BCUT2D eigenvalue weighted by atomic mass is 10.3. The van der Waals surface area contributed by atoms with Crippen LogP contribution in [0.5, 0.6) is 0 Å². The fourth-order valence-corrected chi connectivity index (χ4v) is 0.442. The van der Waals surface area contributed by atoms with Gasteiger partial charge in [-0.25, -0.2) is 0 Å². The standard InChI is InChI=1S/C6H13NO/c1-8-6-4-2-3-5-7/h3,5H,2,4,6-7H2,1H3. The third kappa shape index (κ3) is 5.50. The van der Waals surface area contributed by atoms with Crippen molar-refractivity contribution in [1.29, 1.82) is 0 Å². The average Bonchev–Trinajstić information content (AvgIpc) is 1.81. The van der Waals surface area contributed by atoms with E-state index in [1.807, 2.05) is 6.08 Å². The third-order valence-electron chi connectivity index (χ3n) is 0.855. The Bertz CT molecular complexity index is 61.5. The summed E-state index contributed by atoms with van der Waals surface area (Å²) in [5, 5.41) is 0. The summed E-state index contributed by atoms with van der Waals surface area (Å²) in [6.45, 7) is 0.824. The normalized spacial score (nSPS) is 10.6. The summed E-state index contributed by atoms with van der Waals surface area (Å²) in [6, 6.07) is 0. The maximum absolute atomic E-state index is 5.09. The van der Waals surface area contributed by atoms with Crippen LogP contribution >= 0.6 is 0 Å². The van der Waals surface area contributed by atoms with Crippen LogP contribution in [0.4, 0.5) is 0 Å². The first-order valence-electron chi connectivity index (χ1n) is 2.77. The number of unbranched alkanes of at least 4 members (excludes halogenated alkanes) is 1. The molecule has 0 rings (SSSR count). The van der Waals surface area contributed by atoms with Crippen LogP contribution in [0, 0.1) is 0 Å². The van der Waals surface area contributed by atoms with E-state index in [9.17, 15) is 0 Å². The predicted molar refractivity (Wildman–Crippen MR) is 34.4 cm³/mol. The molecule has 2 nitrogen and oxygen atoms in total. The van der Waals surface area contributed by atoms with Gasteiger partial charge in [-0.3, -0.25) is 0 Å².